The summed E-state index contributed by atoms with van der Waals surface area (Å²) >= 11 is 0. The van der Waals surface area contributed by atoms with E-state index >= 15 is 0 Å². The number of nitrogens with zero attached hydrogens (tertiary/aromatic N) is 2. The summed E-state index contributed by atoms with van der Waals surface area (Å²) in [4.78, 5) is 2.30. The Balaban J connectivity index is 0.000000139. The van der Waals surface area contributed by atoms with Crippen molar-refractivity contribution in [2.75, 3.05) is 11.9 Å². The van der Waals surface area contributed by atoms with Gasteiger partial charge in [-0.05, 0) is 75.2 Å². The van der Waals surface area contributed by atoms with Gasteiger partial charge in [-0.1, -0.05) is 58.7 Å². The van der Waals surface area contributed by atoms with Crippen LogP contribution in [0.2, 0.25) is 0 Å². The Hall–Kier alpha value is -3.52. The second kappa shape index (κ2) is 8.12. The molecule has 0 amide bonds. The predicted molar refractivity (Wildman–Crippen MR) is 143 cm³/mol. The molecule has 2 nitrogen and oxygen atoms in total. The van der Waals surface area contributed by atoms with Gasteiger partial charge in [0.25, 0.3) is 0 Å². The van der Waals surface area contributed by atoms with Crippen LogP contribution in [0.1, 0.15) is 33.4 Å². The van der Waals surface area contributed by atoms with E-state index in [2.05, 4.69) is 124 Å². The second-order valence-electron chi connectivity index (χ2n) is 9.60. The molecule has 0 radical (unpaired) electrons. The minimum absolute atomic E-state index is 1.05. The van der Waals surface area contributed by atoms with Gasteiger partial charge in [0.2, 0.25) is 0 Å². The standard InChI is InChI=1S/C16H17N.C15H15N/c1-11-4-6-15-13(8-11)10-14-9-12(2)5-7-16(14)17(15)3;1-10-4-6-14-12(8-10)13-9-11(2)5-7-15(13)16(14)3/h4-9H,10H2,1-3H3;4-9H,1-3H3. The second-order valence-corrected chi connectivity index (χ2v) is 9.60. The molecule has 0 saturated heterocycles. The monoisotopic (exact) mass is 432 g/mol. The zero-order valence-electron chi connectivity index (χ0n) is 20.5. The van der Waals surface area contributed by atoms with Crippen molar-refractivity contribution in [2.45, 2.75) is 34.1 Å². The maximum Gasteiger partial charge on any atom is 0.0488 e. The van der Waals surface area contributed by atoms with Gasteiger partial charge >= 0.3 is 0 Å². The molecule has 0 fully saturated rings. The molecule has 0 bridgehead atoms. The van der Waals surface area contributed by atoms with Gasteiger partial charge in [-0.3, -0.25) is 0 Å². The Morgan fingerprint density at radius 1 is 0.515 bits per heavy atom. The number of hydrogen-bond acceptors (Lipinski definition) is 1. The van der Waals surface area contributed by atoms with Crippen LogP contribution in [-0.4, -0.2) is 11.6 Å². The largest absolute Gasteiger partial charge is 0.344 e. The number of fused-ring (bicyclic) bond motifs is 5. The lowest BCUT2D eigenvalue weighted by molar-refractivity contribution is 1.01. The lowest BCUT2D eigenvalue weighted by Gasteiger charge is -2.30. The molecule has 0 N–H and O–H groups in total. The Labute approximate surface area is 197 Å². The van der Waals surface area contributed by atoms with Crippen LogP contribution in [0.4, 0.5) is 11.4 Å². The average molecular weight is 433 g/mol. The molecular formula is C31H32N2. The number of hydrogen-bond donors (Lipinski definition) is 0. The smallest absolute Gasteiger partial charge is 0.0488 e. The summed E-state index contributed by atoms with van der Waals surface area (Å²) in [6.45, 7) is 8.61. The minimum Gasteiger partial charge on any atom is -0.344 e. The molecule has 2 heteroatoms. The van der Waals surface area contributed by atoms with Crippen LogP contribution >= 0.6 is 0 Å². The van der Waals surface area contributed by atoms with E-state index < -0.39 is 0 Å². The zero-order chi connectivity index (χ0) is 23.3. The van der Waals surface area contributed by atoms with Crippen molar-refractivity contribution in [1.29, 1.82) is 0 Å². The highest BCUT2D eigenvalue weighted by Gasteiger charge is 2.19. The third-order valence-corrected chi connectivity index (χ3v) is 6.89. The van der Waals surface area contributed by atoms with Crippen molar-refractivity contribution in [3.8, 4) is 0 Å². The van der Waals surface area contributed by atoms with Crippen LogP contribution in [-0.2, 0) is 13.5 Å². The minimum atomic E-state index is 1.05. The number of aryl methyl sites for hydroxylation is 5. The number of rotatable bonds is 0. The van der Waals surface area contributed by atoms with Crippen LogP contribution in [0.5, 0.6) is 0 Å². The summed E-state index contributed by atoms with van der Waals surface area (Å²) in [5, 5.41) is 2.72. The van der Waals surface area contributed by atoms with Crippen molar-refractivity contribution < 1.29 is 0 Å². The molecule has 4 aromatic carbocycles. The van der Waals surface area contributed by atoms with Gasteiger partial charge in [0.1, 0.15) is 0 Å². The highest BCUT2D eigenvalue weighted by atomic mass is 15.1. The van der Waals surface area contributed by atoms with Crippen molar-refractivity contribution in [1.82, 2.24) is 4.57 Å². The lowest BCUT2D eigenvalue weighted by Crippen LogP contribution is -2.18. The Kier molecular flexibility index (Phi) is 5.25. The van der Waals surface area contributed by atoms with Crippen molar-refractivity contribution in [3.05, 3.63) is 106 Å². The van der Waals surface area contributed by atoms with Gasteiger partial charge in [0.05, 0.1) is 0 Å². The van der Waals surface area contributed by atoms with Crippen molar-refractivity contribution in [3.63, 3.8) is 0 Å². The number of benzene rings is 4. The number of aromatic nitrogens is 1. The molecule has 1 aliphatic heterocycles. The van der Waals surface area contributed by atoms with E-state index in [1.165, 1.54) is 66.6 Å². The summed E-state index contributed by atoms with van der Waals surface area (Å²) in [7, 11) is 4.29. The molecular weight excluding hydrogens is 400 g/mol. The lowest BCUT2D eigenvalue weighted by atomic mass is 9.94. The Bertz CT molecular complexity index is 1390. The van der Waals surface area contributed by atoms with E-state index in [1.807, 2.05) is 0 Å². The van der Waals surface area contributed by atoms with Crippen LogP contribution in [0.3, 0.4) is 0 Å². The summed E-state index contributed by atoms with van der Waals surface area (Å²) < 4.78 is 2.27. The molecule has 0 unspecified atom stereocenters. The molecule has 0 saturated carbocycles. The molecule has 166 valence electrons. The highest BCUT2D eigenvalue weighted by Crippen LogP contribution is 2.38. The maximum atomic E-state index is 2.30. The van der Waals surface area contributed by atoms with Gasteiger partial charge in [0.15, 0.2) is 0 Å². The summed E-state index contributed by atoms with van der Waals surface area (Å²) in [5.41, 5.74) is 13.5. The van der Waals surface area contributed by atoms with E-state index in [-0.39, 0.29) is 0 Å². The van der Waals surface area contributed by atoms with Gasteiger partial charge in [-0.15, -0.1) is 0 Å². The Morgan fingerprint density at radius 3 is 1.36 bits per heavy atom. The average Bonchev–Trinajstić information content (AvgIpc) is 3.04. The van der Waals surface area contributed by atoms with E-state index in [0.29, 0.717) is 0 Å². The fraction of sp³-hybridized carbons (Fsp3) is 0.226. The quantitative estimate of drug-likeness (QED) is 0.241. The first-order valence-electron chi connectivity index (χ1n) is 11.7. The first-order chi connectivity index (χ1) is 15.8. The SMILES string of the molecule is Cc1ccc2c(c1)Cc1cc(C)ccc1N2C.Cc1ccc2c(c1)c1cc(C)ccc1n2C. The third kappa shape index (κ3) is 3.80. The van der Waals surface area contributed by atoms with E-state index in [9.17, 15) is 0 Å². The zero-order valence-corrected chi connectivity index (χ0v) is 20.5. The van der Waals surface area contributed by atoms with Gasteiger partial charge in [-0.2, -0.15) is 0 Å². The molecule has 2 heterocycles. The molecule has 1 aromatic heterocycles. The van der Waals surface area contributed by atoms with E-state index in [0.717, 1.165) is 6.42 Å². The Morgan fingerprint density at radius 2 is 0.909 bits per heavy atom. The summed E-state index contributed by atoms with van der Waals surface area (Å²) in [6, 6.07) is 26.8. The normalized spacial score (nSPS) is 12.4. The highest BCUT2D eigenvalue weighted by molar-refractivity contribution is 6.08. The van der Waals surface area contributed by atoms with Gasteiger partial charge in [0, 0.05) is 53.7 Å². The fourth-order valence-electron chi connectivity index (χ4n) is 5.15. The molecule has 33 heavy (non-hydrogen) atoms. The molecule has 6 rings (SSSR count). The van der Waals surface area contributed by atoms with Crippen LogP contribution in [0.25, 0.3) is 21.8 Å². The van der Waals surface area contributed by atoms with E-state index in [4.69, 9.17) is 0 Å². The van der Waals surface area contributed by atoms with E-state index in [1.54, 1.807) is 0 Å². The summed E-state index contributed by atoms with van der Waals surface area (Å²) in [5.74, 6) is 0. The van der Waals surface area contributed by atoms with Crippen molar-refractivity contribution in [2.24, 2.45) is 7.05 Å². The summed E-state index contributed by atoms with van der Waals surface area (Å²) in [6.07, 6.45) is 1.05. The first-order valence-corrected chi connectivity index (χ1v) is 11.7. The molecule has 0 aliphatic carbocycles. The topological polar surface area (TPSA) is 8.17 Å². The number of anilines is 2. The van der Waals surface area contributed by atoms with Crippen molar-refractivity contribution >= 4 is 33.2 Å². The van der Waals surface area contributed by atoms with Crippen LogP contribution in [0.15, 0.2) is 72.8 Å². The first kappa shape index (κ1) is 21.3. The van der Waals surface area contributed by atoms with Crippen LogP contribution < -0.4 is 4.90 Å². The van der Waals surface area contributed by atoms with Gasteiger partial charge in [-0.25, -0.2) is 0 Å². The molecule has 5 aromatic rings. The third-order valence-electron chi connectivity index (χ3n) is 6.89. The van der Waals surface area contributed by atoms with Crippen LogP contribution in [0, 0.1) is 27.7 Å². The molecule has 1 aliphatic rings. The molecule has 0 atom stereocenters. The molecule has 0 spiro atoms. The maximum absolute atomic E-state index is 2.30. The predicted octanol–water partition coefficient (Wildman–Crippen LogP) is 7.92. The van der Waals surface area contributed by atoms with Gasteiger partial charge < -0.3 is 9.47 Å². The fourth-order valence-corrected chi connectivity index (χ4v) is 5.15.